The first kappa shape index (κ1) is 14.7. The van der Waals surface area contributed by atoms with E-state index < -0.39 is 0 Å². The highest BCUT2D eigenvalue weighted by molar-refractivity contribution is 5.98. The van der Waals surface area contributed by atoms with E-state index in [4.69, 9.17) is 0 Å². The highest BCUT2D eigenvalue weighted by Gasteiger charge is 2.21. The quantitative estimate of drug-likeness (QED) is 0.609. The molecule has 0 heteroatoms. The average Bonchev–Trinajstić information content (AvgIpc) is 2.70. The Hall–Kier alpha value is -2.86. The molecule has 3 aromatic carbocycles. The van der Waals surface area contributed by atoms with Gasteiger partial charge in [0.25, 0.3) is 0 Å². The molecule has 0 saturated heterocycles. The fraction of sp³-hybridized carbons (Fsp3) is 0.0833. The van der Waals surface area contributed by atoms with Crippen LogP contribution in [0.15, 0.2) is 67.3 Å². The second-order valence-corrected chi connectivity index (χ2v) is 6.45. The van der Waals surface area contributed by atoms with Gasteiger partial charge in [0.2, 0.25) is 0 Å². The van der Waals surface area contributed by atoms with Crippen LogP contribution in [-0.4, -0.2) is 0 Å². The Morgan fingerprint density at radius 1 is 0.708 bits per heavy atom. The van der Waals surface area contributed by atoms with Gasteiger partial charge in [-0.1, -0.05) is 73.8 Å². The van der Waals surface area contributed by atoms with Crippen LogP contribution in [-0.2, 0) is 0 Å². The van der Waals surface area contributed by atoms with Gasteiger partial charge < -0.3 is 0 Å². The summed E-state index contributed by atoms with van der Waals surface area (Å²) in [4.78, 5) is 0. The molecule has 0 aromatic heterocycles. The fourth-order valence-corrected chi connectivity index (χ4v) is 3.94. The molecular formula is C24H20. The van der Waals surface area contributed by atoms with Crippen molar-refractivity contribution >= 4 is 12.2 Å². The number of rotatable bonds is 1. The Balaban J connectivity index is 2.39. The van der Waals surface area contributed by atoms with Crippen LogP contribution < -0.4 is 10.4 Å². The first-order valence-electron chi connectivity index (χ1n) is 8.28. The van der Waals surface area contributed by atoms with Crippen LogP contribution >= 0.6 is 0 Å². The topological polar surface area (TPSA) is 0 Å². The van der Waals surface area contributed by atoms with Crippen molar-refractivity contribution in [3.8, 4) is 22.3 Å². The maximum absolute atomic E-state index is 4.30. The molecule has 1 aliphatic rings. The molecule has 0 bridgehead atoms. The lowest BCUT2D eigenvalue weighted by Gasteiger charge is -2.16. The Morgan fingerprint density at radius 2 is 1.25 bits per heavy atom. The zero-order valence-corrected chi connectivity index (χ0v) is 14.2. The smallest absolute Gasteiger partial charge is 0.00325 e. The molecule has 0 radical (unpaired) electrons. The van der Waals surface area contributed by atoms with E-state index in [-0.39, 0.29) is 0 Å². The lowest BCUT2D eigenvalue weighted by molar-refractivity contribution is 1.40. The van der Waals surface area contributed by atoms with Gasteiger partial charge in [0, 0.05) is 0 Å². The predicted octanol–water partition coefficient (Wildman–Crippen LogP) is 4.75. The van der Waals surface area contributed by atoms with Gasteiger partial charge in [-0.05, 0) is 68.8 Å². The van der Waals surface area contributed by atoms with Crippen molar-refractivity contribution < 1.29 is 0 Å². The van der Waals surface area contributed by atoms with Crippen LogP contribution in [0.5, 0.6) is 0 Å². The number of hydrogen-bond acceptors (Lipinski definition) is 0. The Labute approximate surface area is 143 Å². The maximum atomic E-state index is 4.30. The molecule has 0 saturated carbocycles. The van der Waals surface area contributed by atoms with Gasteiger partial charge in [-0.15, -0.1) is 0 Å². The lowest BCUT2D eigenvalue weighted by atomic mass is 9.87. The van der Waals surface area contributed by atoms with E-state index in [1.807, 2.05) is 6.08 Å². The van der Waals surface area contributed by atoms with Crippen molar-refractivity contribution in [3.63, 3.8) is 0 Å². The normalized spacial score (nSPS) is 12.0. The Morgan fingerprint density at radius 3 is 1.92 bits per heavy atom. The van der Waals surface area contributed by atoms with Crippen LogP contribution in [0, 0.1) is 13.8 Å². The zero-order chi connectivity index (χ0) is 16.8. The van der Waals surface area contributed by atoms with Gasteiger partial charge in [0.05, 0.1) is 0 Å². The summed E-state index contributed by atoms with van der Waals surface area (Å²) in [6.45, 7) is 12.8. The molecule has 116 valence electrons. The van der Waals surface area contributed by atoms with Crippen LogP contribution in [0.3, 0.4) is 0 Å². The highest BCUT2D eigenvalue weighted by Crippen LogP contribution is 2.41. The number of allylic oxidation sites excluding steroid dienone is 1. The van der Waals surface area contributed by atoms with E-state index in [1.165, 1.54) is 49.7 Å². The van der Waals surface area contributed by atoms with Gasteiger partial charge >= 0.3 is 0 Å². The van der Waals surface area contributed by atoms with Gasteiger partial charge in [0.1, 0.15) is 0 Å². The second kappa shape index (κ2) is 5.35. The maximum Gasteiger partial charge on any atom is -0.00325 e. The second-order valence-electron chi connectivity index (χ2n) is 6.45. The van der Waals surface area contributed by atoms with Crippen LogP contribution in [0.25, 0.3) is 34.4 Å². The third kappa shape index (κ3) is 1.93. The van der Waals surface area contributed by atoms with E-state index in [9.17, 15) is 0 Å². The molecule has 0 amide bonds. The van der Waals surface area contributed by atoms with Crippen LogP contribution in [0.1, 0.15) is 16.7 Å². The van der Waals surface area contributed by atoms with Gasteiger partial charge in [-0.2, -0.15) is 0 Å². The summed E-state index contributed by atoms with van der Waals surface area (Å²) in [5.74, 6) is 0. The summed E-state index contributed by atoms with van der Waals surface area (Å²) >= 11 is 0. The van der Waals surface area contributed by atoms with Crippen molar-refractivity contribution in [2.24, 2.45) is 0 Å². The number of benzene rings is 3. The van der Waals surface area contributed by atoms with Crippen LogP contribution in [0.2, 0.25) is 0 Å². The van der Waals surface area contributed by atoms with Crippen molar-refractivity contribution in [2.75, 3.05) is 0 Å². The molecule has 0 N–H and O–H groups in total. The molecule has 3 aromatic rings. The van der Waals surface area contributed by atoms with Crippen molar-refractivity contribution in [1.82, 2.24) is 0 Å². The largest absolute Gasteiger partial charge is 0.0984 e. The molecule has 0 heterocycles. The zero-order valence-electron chi connectivity index (χ0n) is 14.2. The number of hydrogen-bond donors (Lipinski definition) is 0. The summed E-state index contributed by atoms with van der Waals surface area (Å²) in [7, 11) is 0. The minimum absolute atomic E-state index is 1.05. The minimum atomic E-state index is 1.05. The summed E-state index contributed by atoms with van der Waals surface area (Å²) in [5.41, 5.74) is 10.2. The van der Waals surface area contributed by atoms with Gasteiger partial charge in [-0.3, -0.25) is 0 Å². The fourth-order valence-electron chi connectivity index (χ4n) is 3.94. The first-order valence-corrected chi connectivity index (χ1v) is 8.28. The molecule has 0 unspecified atom stereocenters. The van der Waals surface area contributed by atoms with E-state index in [2.05, 4.69) is 81.6 Å². The number of fused-ring (bicyclic) bond motifs is 5. The molecule has 0 spiro atoms. The van der Waals surface area contributed by atoms with E-state index in [0.717, 1.165) is 5.22 Å². The van der Waals surface area contributed by atoms with Gasteiger partial charge in [0.15, 0.2) is 0 Å². The monoisotopic (exact) mass is 308 g/mol. The SMILES string of the molecule is C=CC1=c2c(cccc2=C)-c2cccc(C)c2-c2c(C)cccc21. The average molecular weight is 308 g/mol. The van der Waals surface area contributed by atoms with Crippen molar-refractivity contribution in [1.29, 1.82) is 0 Å². The van der Waals surface area contributed by atoms with Crippen LogP contribution in [0.4, 0.5) is 0 Å². The molecule has 1 aliphatic carbocycles. The number of aryl methyl sites for hydroxylation is 2. The first-order chi connectivity index (χ1) is 11.6. The van der Waals surface area contributed by atoms with Crippen molar-refractivity contribution in [2.45, 2.75) is 13.8 Å². The molecule has 24 heavy (non-hydrogen) atoms. The summed E-state index contributed by atoms with van der Waals surface area (Å²) in [5, 5.41) is 2.24. The van der Waals surface area contributed by atoms with E-state index >= 15 is 0 Å². The standard InChI is InChI=1S/C24H20/c1-5-18-19-12-7-10-16(3)23(19)24-17(4)11-8-14-21(24)20-13-6-9-15(2)22(18)20/h5-14H,1-2H2,3-4H3. The van der Waals surface area contributed by atoms with E-state index in [1.54, 1.807) is 0 Å². The highest BCUT2D eigenvalue weighted by atomic mass is 14.2. The third-order valence-corrected chi connectivity index (χ3v) is 5.00. The molecule has 0 aliphatic heterocycles. The summed E-state index contributed by atoms with van der Waals surface area (Å²) < 4.78 is 0. The summed E-state index contributed by atoms with van der Waals surface area (Å²) in [6, 6.07) is 19.5. The Bertz CT molecular complexity index is 1100. The van der Waals surface area contributed by atoms with E-state index in [0.29, 0.717) is 0 Å². The lowest BCUT2D eigenvalue weighted by Crippen LogP contribution is -2.27. The molecule has 4 rings (SSSR count). The third-order valence-electron chi connectivity index (χ3n) is 5.00. The van der Waals surface area contributed by atoms with Crippen molar-refractivity contribution in [3.05, 3.63) is 94.4 Å². The predicted molar refractivity (Wildman–Crippen MR) is 104 cm³/mol. The molecular weight excluding hydrogens is 288 g/mol. The minimum Gasteiger partial charge on any atom is -0.0984 e. The van der Waals surface area contributed by atoms with Gasteiger partial charge in [-0.25, -0.2) is 0 Å². The summed E-state index contributed by atoms with van der Waals surface area (Å²) in [6.07, 6.45) is 1.98. The molecule has 0 atom stereocenters. The molecule has 0 fully saturated rings. The molecule has 0 nitrogen and oxygen atoms in total. The Kier molecular flexibility index (Phi) is 3.28.